The molecule has 1 N–H and O–H groups in total. The number of rotatable bonds is 5. The highest BCUT2D eigenvalue weighted by Crippen LogP contribution is 2.26. The quantitative estimate of drug-likeness (QED) is 0.832. The molecule has 2 aromatic rings. The molecule has 6 nitrogen and oxygen atoms in total. The summed E-state index contributed by atoms with van der Waals surface area (Å²) in [6, 6.07) is 12.2. The molecule has 7 heteroatoms. The number of anilines is 1. The fourth-order valence-corrected chi connectivity index (χ4v) is 5.09. The van der Waals surface area contributed by atoms with Crippen molar-refractivity contribution < 1.29 is 17.9 Å². The number of benzene rings is 2. The van der Waals surface area contributed by atoms with Crippen LogP contribution in [0.1, 0.15) is 24.0 Å². The third-order valence-corrected chi connectivity index (χ3v) is 6.82. The van der Waals surface area contributed by atoms with E-state index in [1.54, 1.807) is 12.1 Å². The first-order valence-corrected chi connectivity index (χ1v) is 10.8. The maximum Gasteiger partial charge on any atom is 0.243 e. The minimum absolute atomic E-state index is 0.139. The van der Waals surface area contributed by atoms with Crippen molar-refractivity contribution in [2.75, 3.05) is 25.5 Å². The lowest BCUT2D eigenvalue weighted by Crippen LogP contribution is -2.43. The van der Waals surface area contributed by atoms with Crippen LogP contribution in [0, 0.1) is 19.8 Å². The van der Waals surface area contributed by atoms with E-state index in [0.717, 1.165) is 16.8 Å². The van der Waals surface area contributed by atoms with Gasteiger partial charge in [-0.05, 0) is 74.2 Å². The summed E-state index contributed by atoms with van der Waals surface area (Å²) in [4.78, 5) is 12.9. The van der Waals surface area contributed by atoms with E-state index in [0.29, 0.717) is 25.1 Å². The molecule has 28 heavy (non-hydrogen) atoms. The maximum absolute atomic E-state index is 13.0. The average Bonchev–Trinajstić information content (AvgIpc) is 2.67. The van der Waals surface area contributed by atoms with E-state index in [9.17, 15) is 13.2 Å². The molecule has 1 saturated heterocycles. The summed E-state index contributed by atoms with van der Waals surface area (Å²) in [5.74, 6) is 0.0884. The van der Waals surface area contributed by atoms with E-state index in [1.165, 1.54) is 23.5 Å². The van der Waals surface area contributed by atoms with Gasteiger partial charge >= 0.3 is 0 Å². The standard InChI is InChI=1S/C21H26N2O4S/c1-15-11-16(2)13-18(12-15)22-21(24)17-5-4-10-23(14-17)28(25,26)20-8-6-19(27-3)7-9-20/h6-9,11-13,17H,4-5,10,14H2,1-3H3,(H,22,24)/t17-/m1/s1. The summed E-state index contributed by atoms with van der Waals surface area (Å²) in [6.07, 6.45) is 1.32. The Hall–Kier alpha value is -2.38. The van der Waals surface area contributed by atoms with Crippen LogP contribution in [0.25, 0.3) is 0 Å². The van der Waals surface area contributed by atoms with Crippen LogP contribution >= 0.6 is 0 Å². The van der Waals surface area contributed by atoms with Gasteiger partial charge in [-0.1, -0.05) is 6.07 Å². The molecular formula is C21H26N2O4S. The van der Waals surface area contributed by atoms with Gasteiger partial charge in [-0.25, -0.2) is 8.42 Å². The largest absolute Gasteiger partial charge is 0.497 e. The molecule has 0 radical (unpaired) electrons. The topological polar surface area (TPSA) is 75.7 Å². The highest BCUT2D eigenvalue weighted by molar-refractivity contribution is 7.89. The molecule has 0 spiro atoms. The van der Waals surface area contributed by atoms with Crippen molar-refractivity contribution in [1.29, 1.82) is 0 Å². The van der Waals surface area contributed by atoms with Gasteiger partial charge in [0.15, 0.2) is 0 Å². The van der Waals surface area contributed by atoms with Crippen LogP contribution in [0.5, 0.6) is 5.75 Å². The molecule has 0 aliphatic carbocycles. The molecule has 0 unspecified atom stereocenters. The molecule has 1 fully saturated rings. The molecule has 0 saturated carbocycles. The molecule has 150 valence electrons. The number of sulfonamides is 1. The number of hydrogen-bond donors (Lipinski definition) is 1. The summed E-state index contributed by atoms with van der Waals surface area (Å²) in [5, 5.41) is 2.94. The van der Waals surface area contributed by atoms with E-state index in [4.69, 9.17) is 4.74 Å². The van der Waals surface area contributed by atoms with Gasteiger partial charge in [-0.3, -0.25) is 4.79 Å². The van der Waals surface area contributed by atoms with Crippen molar-refractivity contribution in [2.45, 2.75) is 31.6 Å². The van der Waals surface area contributed by atoms with E-state index in [1.807, 2.05) is 32.0 Å². The zero-order chi connectivity index (χ0) is 20.3. The zero-order valence-corrected chi connectivity index (χ0v) is 17.3. The minimum Gasteiger partial charge on any atom is -0.497 e. The van der Waals surface area contributed by atoms with Gasteiger partial charge in [0.05, 0.1) is 17.9 Å². The number of carbonyl (C=O) groups is 1. The van der Waals surface area contributed by atoms with Crippen molar-refractivity contribution in [3.8, 4) is 5.75 Å². The van der Waals surface area contributed by atoms with Gasteiger partial charge < -0.3 is 10.1 Å². The van der Waals surface area contributed by atoms with Crippen LogP contribution in [0.3, 0.4) is 0 Å². The van der Waals surface area contributed by atoms with Crippen molar-refractivity contribution in [1.82, 2.24) is 4.31 Å². The fourth-order valence-electron chi connectivity index (χ4n) is 3.56. The van der Waals surface area contributed by atoms with E-state index in [-0.39, 0.29) is 23.3 Å². The van der Waals surface area contributed by atoms with Crippen molar-refractivity contribution >= 4 is 21.6 Å². The number of hydrogen-bond acceptors (Lipinski definition) is 4. The first kappa shape index (κ1) is 20.4. The molecule has 0 aromatic heterocycles. The molecule has 1 aliphatic heterocycles. The van der Waals surface area contributed by atoms with Crippen LogP contribution in [0.4, 0.5) is 5.69 Å². The summed E-state index contributed by atoms with van der Waals surface area (Å²) >= 11 is 0. The van der Waals surface area contributed by atoms with Crippen molar-refractivity contribution in [3.05, 3.63) is 53.6 Å². The van der Waals surface area contributed by atoms with Gasteiger partial charge in [0, 0.05) is 18.8 Å². The van der Waals surface area contributed by atoms with E-state index >= 15 is 0 Å². The Bertz CT molecular complexity index is 935. The molecule has 1 heterocycles. The number of methoxy groups -OCH3 is 1. The third kappa shape index (κ3) is 4.54. The van der Waals surface area contributed by atoms with Crippen molar-refractivity contribution in [2.24, 2.45) is 5.92 Å². The number of nitrogens with zero attached hydrogens (tertiary/aromatic N) is 1. The molecule has 1 aliphatic rings. The predicted molar refractivity (Wildman–Crippen MR) is 109 cm³/mol. The Morgan fingerprint density at radius 3 is 2.36 bits per heavy atom. The highest BCUT2D eigenvalue weighted by atomic mass is 32.2. The van der Waals surface area contributed by atoms with Crippen molar-refractivity contribution in [3.63, 3.8) is 0 Å². The Morgan fingerprint density at radius 1 is 1.11 bits per heavy atom. The number of ether oxygens (including phenoxy) is 1. The predicted octanol–water partition coefficient (Wildman–Crippen LogP) is 3.35. The summed E-state index contributed by atoms with van der Waals surface area (Å²) in [5.41, 5.74) is 2.89. The normalized spacial score (nSPS) is 17.9. The molecule has 2 aromatic carbocycles. The molecular weight excluding hydrogens is 376 g/mol. The first-order chi connectivity index (χ1) is 13.3. The average molecular weight is 403 g/mol. The second-order valence-electron chi connectivity index (χ2n) is 7.24. The molecule has 1 amide bonds. The van der Waals surface area contributed by atoms with Gasteiger partial charge in [0.1, 0.15) is 5.75 Å². The van der Waals surface area contributed by atoms with Crippen LogP contribution < -0.4 is 10.1 Å². The Labute approximate surface area is 166 Å². The van der Waals surface area contributed by atoms with Gasteiger partial charge in [0.2, 0.25) is 15.9 Å². The lowest BCUT2D eigenvalue weighted by molar-refractivity contribution is -0.120. The van der Waals surface area contributed by atoms with E-state index < -0.39 is 10.0 Å². The van der Waals surface area contributed by atoms with Gasteiger partial charge in [-0.15, -0.1) is 0 Å². The van der Waals surface area contributed by atoms with E-state index in [2.05, 4.69) is 5.32 Å². The number of piperidine rings is 1. The minimum atomic E-state index is -3.64. The van der Waals surface area contributed by atoms with Crippen LogP contribution in [-0.2, 0) is 14.8 Å². The fraction of sp³-hybridized carbons (Fsp3) is 0.381. The van der Waals surface area contributed by atoms with Gasteiger partial charge in [0.25, 0.3) is 0 Å². The SMILES string of the molecule is COc1ccc(S(=O)(=O)N2CCC[C@@H](C(=O)Nc3cc(C)cc(C)c3)C2)cc1. The number of aryl methyl sites for hydroxylation is 2. The van der Waals surface area contributed by atoms with Crippen LogP contribution in [-0.4, -0.2) is 38.8 Å². The third-order valence-electron chi connectivity index (χ3n) is 4.94. The highest BCUT2D eigenvalue weighted by Gasteiger charge is 2.33. The summed E-state index contributed by atoms with van der Waals surface area (Å²) < 4.78 is 32.4. The van der Waals surface area contributed by atoms with Crippen LogP contribution in [0.15, 0.2) is 47.4 Å². The summed E-state index contributed by atoms with van der Waals surface area (Å²) in [6.45, 7) is 4.56. The smallest absolute Gasteiger partial charge is 0.243 e. The maximum atomic E-state index is 13.0. The first-order valence-electron chi connectivity index (χ1n) is 9.33. The Morgan fingerprint density at radius 2 is 1.75 bits per heavy atom. The number of nitrogens with one attached hydrogen (secondary N) is 1. The van der Waals surface area contributed by atoms with Crippen LogP contribution in [0.2, 0.25) is 0 Å². The number of amides is 1. The molecule has 3 rings (SSSR count). The lowest BCUT2D eigenvalue weighted by atomic mass is 9.98. The number of carbonyl (C=O) groups excluding carboxylic acids is 1. The molecule has 1 atom stereocenters. The Balaban J connectivity index is 1.72. The van der Waals surface area contributed by atoms with Gasteiger partial charge in [-0.2, -0.15) is 4.31 Å². The second kappa shape index (κ2) is 8.32. The second-order valence-corrected chi connectivity index (χ2v) is 9.18. The monoisotopic (exact) mass is 402 g/mol. The summed E-state index contributed by atoms with van der Waals surface area (Å²) in [7, 11) is -2.11. The molecule has 0 bridgehead atoms. The lowest BCUT2D eigenvalue weighted by Gasteiger charge is -2.31. The zero-order valence-electron chi connectivity index (χ0n) is 16.4. The Kier molecular flexibility index (Phi) is 6.05.